The quantitative estimate of drug-likeness (QED) is 0.297. The first-order valence-corrected chi connectivity index (χ1v) is 11.2. The molecule has 2 saturated carbocycles. The number of hydrogen-bond donors (Lipinski definition) is 0. The van der Waals surface area contributed by atoms with E-state index in [2.05, 4.69) is 38.2 Å². The minimum absolute atomic E-state index is 0.800. The summed E-state index contributed by atoms with van der Waals surface area (Å²) in [4.78, 5) is 0. The molecule has 2 fully saturated rings. The molecule has 0 atom stereocenters. The number of hydrogen-bond acceptors (Lipinski definition) is 1. The third-order valence-electron chi connectivity index (χ3n) is 6.62. The molecule has 25 heavy (non-hydrogen) atoms. The molecular formula is C24H42O. The van der Waals surface area contributed by atoms with Gasteiger partial charge >= 0.3 is 0 Å². The summed E-state index contributed by atoms with van der Waals surface area (Å²) < 4.78 is 5.78. The summed E-state index contributed by atoms with van der Waals surface area (Å²) in [6.07, 6.45) is 26.0. The van der Waals surface area contributed by atoms with Crippen LogP contribution in [-0.4, -0.2) is 13.2 Å². The summed E-state index contributed by atoms with van der Waals surface area (Å²) >= 11 is 0. The van der Waals surface area contributed by atoms with Crippen molar-refractivity contribution in [1.82, 2.24) is 0 Å². The number of ether oxygens (including phenoxy) is 1. The summed E-state index contributed by atoms with van der Waals surface area (Å²) in [7, 11) is 0. The first-order chi connectivity index (χ1) is 12.3. The second-order valence-electron chi connectivity index (χ2n) is 8.51. The summed E-state index contributed by atoms with van der Waals surface area (Å²) in [5, 5.41) is 0. The molecule has 0 aromatic rings. The van der Waals surface area contributed by atoms with Crippen molar-refractivity contribution in [3.8, 4) is 0 Å². The molecule has 2 aliphatic rings. The molecule has 0 aromatic carbocycles. The van der Waals surface area contributed by atoms with Crippen LogP contribution in [0.5, 0.6) is 0 Å². The van der Waals surface area contributed by atoms with Crippen LogP contribution in [0.3, 0.4) is 0 Å². The lowest BCUT2D eigenvalue weighted by Gasteiger charge is -2.37. The van der Waals surface area contributed by atoms with Crippen molar-refractivity contribution in [2.24, 2.45) is 23.7 Å². The third kappa shape index (κ3) is 8.11. The highest BCUT2D eigenvalue weighted by Gasteiger charge is 2.30. The highest BCUT2D eigenvalue weighted by Crippen LogP contribution is 2.42. The molecule has 0 heterocycles. The topological polar surface area (TPSA) is 9.23 Å². The summed E-state index contributed by atoms with van der Waals surface area (Å²) in [6.45, 7) is 6.10. The Kier molecular flexibility index (Phi) is 10.6. The Balaban J connectivity index is 1.56. The lowest BCUT2D eigenvalue weighted by atomic mass is 9.69. The molecule has 0 bridgehead atoms. The largest absolute Gasteiger partial charge is 0.377 e. The lowest BCUT2D eigenvalue weighted by molar-refractivity contribution is 0.0780. The molecule has 2 aliphatic carbocycles. The van der Waals surface area contributed by atoms with Crippen LogP contribution in [0.1, 0.15) is 90.9 Å². The highest BCUT2D eigenvalue weighted by molar-refractivity contribution is 4.85. The maximum absolute atomic E-state index is 5.78. The van der Waals surface area contributed by atoms with Gasteiger partial charge in [-0.3, -0.25) is 0 Å². The fourth-order valence-corrected chi connectivity index (χ4v) is 4.91. The van der Waals surface area contributed by atoms with E-state index in [4.69, 9.17) is 4.74 Å². The van der Waals surface area contributed by atoms with Gasteiger partial charge in [0.1, 0.15) is 0 Å². The van der Waals surface area contributed by atoms with Crippen LogP contribution in [0.2, 0.25) is 0 Å². The van der Waals surface area contributed by atoms with Crippen LogP contribution in [0.15, 0.2) is 24.3 Å². The van der Waals surface area contributed by atoms with Crippen molar-refractivity contribution >= 4 is 0 Å². The van der Waals surface area contributed by atoms with Crippen molar-refractivity contribution < 1.29 is 4.74 Å². The van der Waals surface area contributed by atoms with E-state index in [0.29, 0.717) is 0 Å². The predicted molar refractivity (Wildman–Crippen MR) is 110 cm³/mol. The van der Waals surface area contributed by atoms with Gasteiger partial charge in [0, 0.05) is 6.61 Å². The fraction of sp³-hybridized carbons (Fsp3) is 0.833. The van der Waals surface area contributed by atoms with E-state index >= 15 is 0 Å². The first kappa shape index (κ1) is 20.7. The van der Waals surface area contributed by atoms with Crippen LogP contribution in [0.25, 0.3) is 0 Å². The van der Waals surface area contributed by atoms with Gasteiger partial charge in [-0.15, -0.1) is 0 Å². The van der Waals surface area contributed by atoms with Gasteiger partial charge in [0.15, 0.2) is 0 Å². The molecule has 1 nitrogen and oxygen atoms in total. The Hall–Kier alpha value is -0.560. The molecule has 144 valence electrons. The van der Waals surface area contributed by atoms with Crippen molar-refractivity contribution in [3.05, 3.63) is 24.3 Å². The van der Waals surface area contributed by atoms with E-state index < -0.39 is 0 Å². The van der Waals surface area contributed by atoms with E-state index in [-0.39, 0.29) is 0 Å². The highest BCUT2D eigenvalue weighted by atomic mass is 16.5. The monoisotopic (exact) mass is 346 g/mol. The molecule has 1 heteroatoms. The van der Waals surface area contributed by atoms with Crippen LogP contribution >= 0.6 is 0 Å². The zero-order valence-corrected chi connectivity index (χ0v) is 16.9. The summed E-state index contributed by atoms with van der Waals surface area (Å²) in [5.74, 6) is 3.90. The van der Waals surface area contributed by atoms with Gasteiger partial charge < -0.3 is 4.74 Å². The van der Waals surface area contributed by atoms with Gasteiger partial charge in [0.05, 0.1) is 6.61 Å². The van der Waals surface area contributed by atoms with Crippen LogP contribution in [0.4, 0.5) is 0 Å². The molecule has 0 unspecified atom stereocenters. The maximum atomic E-state index is 5.78. The average Bonchev–Trinajstić information content (AvgIpc) is 2.66. The summed E-state index contributed by atoms with van der Waals surface area (Å²) in [5.41, 5.74) is 0. The molecule has 0 radical (unpaired) electrons. The third-order valence-corrected chi connectivity index (χ3v) is 6.62. The van der Waals surface area contributed by atoms with Gasteiger partial charge in [0.2, 0.25) is 0 Å². The number of allylic oxidation sites excluding steroid dienone is 3. The number of unbranched alkanes of at least 4 members (excludes halogenated alkanes) is 1. The van der Waals surface area contributed by atoms with Crippen LogP contribution < -0.4 is 0 Å². The lowest BCUT2D eigenvalue weighted by Crippen LogP contribution is -2.27. The average molecular weight is 347 g/mol. The van der Waals surface area contributed by atoms with E-state index in [1.807, 2.05) is 0 Å². The van der Waals surface area contributed by atoms with Gasteiger partial charge in [-0.2, -0.15) is 0 Å². The van der Waals surface area contributed by atoms with Crippen LogP contribution in [-0.2, 0) is 4.74 Å². The first-order valence-electron chi connectivity index (χ1n) is 11.2. The normalized spacial score (nSPS) is 31.1. The molecule has 0 aliphatic heterocycles. The van der Waals surface area contributed by atoms with E-state index in [0.717, 1.165) is 36.9 Å². The fourth-order valence-electron chi connectivity index (χ4n) is 4.91. The van der Waals surface area contributed by atoms with E-state index in [1.54, 1.807) is 0 Å². The van der Waals surface area contributed by atoms with Gasteiger partial charge in [-0.1, -0.05) is 50.5 Å². The van der Waals surface area contributed by atoms with Gasteiger partial charge in [0.25, 0.3) is 0 Å². The van der Waals surface area contributed by atoms with E-state index in [9.17, 15) is 0 Å². The van der Waals surface area contributed by atoms with Crippen molar-refractivity contribution in [3.63, 3.8) is 0 Å². The summed E-state index contributed by atoms with van der Waals surface area (Å²) in [6, 6.07) is 0. The standard InChI is InChI=1S/C24H42O/c1-3-5-7-8-9-10-21-11-15-23(16-12-21)24-17-13-22(14-18-24)20-25-19-6-4-2/h4,6-8,21-24H,3,5,9-20H2,1-2H3. The Labute approximate surface area is 157 Å². The van der Waals surface area contributed by atoms with Gasteiger partial charge in [-0.25, -0.2) is 0 Å². The van der Waals surface area contributed by atoms with Crippen molar-refractivity contribution in [1.29, 1.82) is 0 Å². The zero-order chi connectivity index (χ0) is 17.7. The Morgan fingerprint density at radius 2 is 1.36 bits per heavy atom. The smallest absolute Gasteiger partial charge is 0.0647 e. The minimum Gasteiger partial charge on any atom is -0.377 e. The Bertz CT molecular complexity index is 368. The Morgan fingerprint density at radius 3 is 1.96 bits per heavy atom. The SMILES string of the molecule is CC=CCOCC1CCC(C2CCC(CCC=CCCC)CC2)CC1. The predicted octanol–water partition coefficient (Wildman–Crippen LogP) is 7.33. The molecule has 0 saturated heterocycles. The minimum atomic E-state index is 0.800. The maximum Gasteiger partial charge on any atom is 0.0647 e. The molecular weight excluding hydrogens is 304 g/mol. The Morgan fingerprint density at radius 1 is 0.760 bits per heavy atom. The van der Waals surface area contributed by atoms with Crippen molar-refractivity contribution in [2.75, 3.05) is 13.2 Å². The molecule has 2 rings (SSSR count). The van der Waals surface area contributed by atoms with E-state index in [1.165, 1.54) is 77.0 Å². The molecule has 0 spiro atoms. The second-order valence-corrected chi connectivity index (χ2v) is 8.51. The van der Waals surface area contributed by atoms with Crippen LogP contribution in [0, 0.1) is 23.7 Å². The van der Waals surface area contributed by atoms with Crippen molar-refractivity contribution in [2.45, 2.75) is 90.9 Å². The number of rotatable bonds is 10. The molecule has 0 N–H and O–H groups in total. The molecule has 0 amide bonds. The zero-order valence-electron chi connectivity index (χ0n) is 16.9. The van der Waals surface area contributed by atoms with Gasteiger partial charge in [-0.05, 0) is 88.4 Å². The molecule has 0 aromatic heterocycles. The second kappa shape index (κ2) is 12.7.